The smallest absolute Gasteiger partial charge is 0.312 e. The minimum atomic E-state index is -0.876. The van der Waals surface area contributed by atoms with Crippen LogP contribution in [0, 0.1) is 12.8 Å². The highest BCUT2D eigenvalue weighted by atomic mass is 16.5. The van der Waals surface area contributed by atoms with E-state index in [1.165, 1.54) is 0 Å². The molecule has 1 saturated heterocycles. The highest BCUT2D eigenvalue weighted by molar-refractivity contribution is 5.89. The number of hydrogen-bond acceptors (Lipinski definition) is 4. The highest BCUT2D eigenvalue weighted by Crippen LogP contribution is 2.30. The molecule has 2 fully saturated rings. The van der Waals surface area contributed by atoms with Crippen LogP contribution in [0.25, 0.3) is 0 Å². The van der Waals surface area contributed by atoms with Crippen molar-refractivity contribution in [1.82, 2.24) is 10.2 Å². The van der Waals surface area contributed by atoms with Crippen molar-refractivity contribution in [3.63, 3.8) is 0 Å². The van der Waals surface area contributed by atoms with Gasteiger partial charge in [0.05, 0.1) is 5.92 Å². The largest absolute Gasteiger partial charge is 0.452 e. The summed E-state index contributed by atoms with van der Waals surface area (Å²) in [5.41, 5.74) is 2.14. The van der Waals surface area contributed by atoms with Crippen LogP contribution in [0.2, 0.25) is 0 Å². The van der Waals surface area contributed by atoms with Crippen LogP contribution >= 0.6 is 0 Å². The molecule has 0 bridgehead atoms. The minimum absolute atomic E-state index is 0.0281. The topological polar surface area (TPSA) is 75.7 Å². The molecule has 0 radical (unpaired) electrons. The molecule has 0 unspecified atom stereocenters. The first-order chi connectivity index (χ1) is 12.9. The van der Waals surface area contributed by atoms with Gasteiger partial charge in [-0.3, -0.25) is 14.4 Å². The van der Waals surface area contributed by atoms with Gasteiger partial charge in [0.25, 0.3) is 5.91 Å². The van der Waals surface area contributed by atoms with Crippen LogP contribution in [0.5, 0.6) is 0 Å². The predicted molar refractivity (Wildman–Crippen MR) is 101 cm³/mol. The number of nitrogens with zero attached hydrogens (tertiary/aromatic N) is 1. The number of aryl methyl sites for hydroxylation is 1. The van der Waals surface area contributed by atoms with Gasteiger partial charge in [-0.1, -0.05) is 42.7 Å². The molecule has 1 heterocycles. The molecule has 6 nitrogen and oxygen atoms in total. The average molecular weight is 372 g/mol. The van der Waals surface area contributed by atoms with Gasteiger partial charge in [-0.15, -0.1) is 0 Å². The number of ether oxygens (including phenoxy) is 1. The lowest BCUT2D eigenvalue weighted by Gasteiger charge is -2.24. The summed E-state index contributed by atoms with van der Waals surface area (Å²) in [7, 11) is 0. The Morgan fingerprint density at radius 2 is 1.89 bits per heavy atom. The zero-order valence-corrected chi connectivity index (χ0v) is 16.1. The summed E-state index contributed by atoms with van der Waals surface area (Å²) in [5.74, 6) is -1.23. The summed E-state index contributed by atoms with van der Waals surface area (Å²) in [4.78, 5) is 38.7. The second kappa shape index (κ2) is 8.55. The van der Waals surface area contributed by atoms with Gasteiger partial charge >= 0.3 is 5.97 Å². The van der Waals surface area contributed by atoms with Crippen molar-refractivity contribution < 1.29 is 19.1 Å². The molecule has 1 saturated carbocycles. The number of likely N-dealkylation sites (tertiary alicyclic amines) is 1. The molecular formula is C21H28N2O4. The minimum Gasteiger partial charge on any atom is -0.452 e. The van der Waals surface area contributed by atoms with Crippen molar-refractivity contribution in [1.29, 1.82) is 0 Å². The monoisotopic (exact) mass is 372 g/mol. The van der Waals surface area contributed by atoms with Crippen molar-refractivity contribution in [3.05, 3.63) is 35.4 Å². The third-order valence-corrected chi connectivity index (χ3v) is 5.51. The SMILES string of the molecule is Cc1ccc(CNC(=O)[C@H](C)OC(=O)[C@@H]2CC(=O)N(C3CCCC3)C2)cc1. The highest BCUT2D eigenvalue weighted by Gasteiger charge is 2.40. The third kappa shape index (κ3) is 4.87. The summed E-state index contributed by atoms with van der Waals surface area (Å²) < 4.78 is 5.33. The van der Waals surface area contributed by atoms with E-state index < -0.39 is 18.0 Å². The quantitative estimate of drug-likeness (QED) is 0.778. The van der Waals surface area contributed by atoms with Crippen LogP contribution in [0.15, 0.2) is 24.3 Å². The molecule has 3 rings (SSSR count). The number of nitrogens with one attached hydrogen (secondary N) is 1. The zero-order chi connectivity index (χ0) is 19.4. The van der Waals surface area contributed by atoms with E-state index in [0.29, 0.717) is 13.1 Å². The van der Waals surface area contributed by atoms with Crippen LogP contribution in [-0.4, -0.2) is 41.4 Å². The van der Waals surface area contributed by atoms with Gasteiger partial charge < -0.3 is 15.0 Å². The number of carbonyl (C=O) groups is 3. The van der Waals surface area contributed by atoms with Gasteiger partial charge in [0.15, 0.2) is 6.10 Å². The maximum absolute atomic E-state index is 12.4. The Hall–Kier alpha value is -2.37. The van der Waals surface area contributed by atoms with Gasteiger partial charge in [0.2, 0.25) is 5.91 Å². The zero-order valence-electron chi connectivity index (χ0n) is 16.1. The molecule has 1 N–H and O–H groups in total. The summed E-state index contributed by atoms with van der Waals surface area (Å²) in [5, 5.41) is 2.78. The summed E-state index contributed by atoms with van der Waals surface area (Å²) in [6, 6.07) is 8.14. The molecule has 146 valence electrons. The van der Waals surface area contributed by atoms with Gasteiger partial charge in [0.1, 0.15) is 0 Å². The fourth-order valence-corrected chi connectivity index (χ4v) is 3.82. The molecule has 1 aromatic carbocycles. The summed E-state index contributed by atoms with van der Waals surface area (Å²) in [6.07, 6.45) is 3.63. The standard InChI is InChI=1S/C21H28N2O4/c1-14-7-9-16(10-8-14)12-22-20(25)15(2)27-21(26)17-11-19(24)23(13-17)18-5-3-4-6-18/h7-10,15,17-18H,3-6,11-13H2,1-2H3,(H,22,25)/t15-,17+/m0/s1. The third-order valence-electron chi connectivity index (χ3n) is 5.51. The van der Waals surface area contributed by atoms with Gasteiger partial charge in [-0.05, 0) is 32.3 Å². The van der Waals surface area contributed by atoms with Crippen molar-refractivity contribution in [2.24, 2.45) is 5.92 Å². The lowest BCUT2D eigenvalue weighted by Crippen LogP contribution is -2.38. The number of hydrogen-bond donors (Lipinski definition) is 1. The number of carbonyl (C=O) groups excluding carboxylic acids is 3. The van der Waals surface area contributed by atoms with Crippen LogP contribution in [-0.2, 0) is 25.7 Å². The Balaban J connectivity index is 1.46. The van der Waals surface area contributed by atoms with E-state index in [9.17, 15) is 14.4 Å². The molecule has 1 aromatic rings. The van der Waals surface area contributed by atoms with E-state index in [1.807, 2.05) is 36.1 Å². The lowest BCUT2D eigenvalue weighted by molar-refractivity contribution is -0.158. The number of rotatable bonds is 6. The Morgan fingerprint density at radius 1 is 1.22 bits per heavy atom. The summed E-state index contributed by atoms with van der Waals surface area (Å²) in [6.45, 7) is 4.37. The molecule has 1 aliphatic heterocycles. The van der Waals surface area contributed by atoms with Gasteiger partial charge in [-0.2, -0.15) is 0 Å². The Morgan fingerprint density at radius 3 is 2.56 bits per heavy atom. The number of benzene rings is 1. The first kappa shape index (κ1) is 19.4. The molecule has 27 heavy (non-hydrogen) atoms. The van der Waals surface area contributed by atoms with Crippen molar-refractivity contribution in [2.45, 2.75) is 64.6 Å². The second-order valence-corrected chi connectivity index (χ2v) is 7.67. The second-order valence-electron chi connectivity index (χ2n) is 7.67. The molecule has 0 spiro atoms. The van der Waals surface area contributed by atoms with Crippen LogP contribution in [0.4, 0.5) is 0 Å². The fraction of sp³-hybridized carbons (Fsp3) is 0.571. The van der Waals surface area contributed by atoms with E-state index in [-0.39, 0.29) is 24.3 Å². The number of amides is 2. The molecule has 2 aliphatic rings. The van der Waals surface area contributed by atoms with E-state index in [2.05, 4.69) is 5.32 Å². The maximum Gasteiger partial charge on any atom is 0.312 e. The van der Waals surface area contributed by atoms with Crippen molar-refractivity contribution in [3.8, 4) is 0 Å². The Kier molecular flexibility index (Phi) is 6.14. The molecule has 2 amide bonds. The van der Waals surface area contributed by atoms with Crippen molar-refractivity contribution >= 4 is 17.8 Å². The van der Waals surface area contributed by atoms with Crippen LogP contribution in [0.3, 0.4) is 0 Å². The van der Waals surface area contributed by atoms with Crippen molar-refractivity contribution in [2.75, 3.05) is 6.54 Å². The van der Waals surface area contributed by atoms with E-state index >= 15 is 0 Å². The van der Waals surface area contributed by atoms with Crippen LogP contribution < -0.4 is 5.32 Å². The first-order valence-electron chi connectivity index (χ1n) is 9.77. The predicted octanol–water partition coefficient (Wildman–Crippen LogP) is 2.33. The van der Waals surface area contributed by atoms with E-state index in [0.717, 1.165) is 36.8 Å². The normalized spacial score (nSPS) is 21.3. The lowest BCUT2D eigenvalue weighted by atomic mass is 10.1. The van der Waals surface area contributed by atoms with Gasteiger partial charge in [0, 0.05) is 25.6 Å². The number of esters is 1. The Bertz CT molecular complexity index is 695. The summed E-state index contributed by atoms with van der Waals surface area (Å²) >= 11 is 0. The fourth-order valence-electron chi connectivity index (χ4n) is 3.82. The molecule has 2 atom stereocenters. The molecule has 6 heteroatoms. The first-order valence-corrected chi connectivity index (χ1v) is 9.77. The average Bonchev–Trinajstić information content (AvgIpc) is 3.30. The molecule has 0 aromatic heterocycles. The Labute approximate surface area is 160 Å². The molecular weight excluding hydrogens is 344 g/mol. The van der Waals surface area contributed by atoms with Gasteiger partial charge in [-0.25, -0.2) is 0 Å². The molecule has 1 aliphatic carbocycles. The van der Waals surface area contributed by atoms with Crippen LogP contribution in [0.1, 0.15) is 50.2 Å². The van der Waals surface area contributed by atoms with E-state index in [4.69, 9.17) is 4.74 Å². The maximum atomic E-state index is 12.4. The van der Waals surface area contributed by atoms with E-state index in [1.54, 1.807) is 6.92 Å².